The molecule has 0 bridgehead atoms. The van der Waals surface area contributed by atoms with E-state index in [1.165, 1.54) is 0 Å². The third-order valence-electron chi connectivity index (χ3n) is 2.29. The molecular formula is C12H16ClN3O2S. The number of ether oxygens (including phenoxy) is 1. The zero-order valence-electron chi connectivity index (χ0n) is 10.9. The molecule has 1 aromatic rings. The first-order chi connectivity index (χ1) is 8.93. The Balaban J connectivity index is 2.58. The number of carbonyl (C=O) groups excluding carboxylic acids is 1. The molecule has 0 fully saturated rings. The molecule has 1 rings (SSSR count). The van der Waals surface area contributed by atoms with Gasteiger partial charge in [0.1, 0.15) is 5.75 Å². The van der Waals surface area contributed by atoms with Gasteiger partial charge in [0.2, 0.25) is 0 Å². The molecule has 5 nitrogen and oxygen atoms in total. The molecule has 0 aliphatic carbocycles. The van der Waals surface area contributed by atoms with Crippen molar-refractivity contribution in [3.63, 3.8) is 0 Å². The summed E-state index contributed by atoms with van der Waals surface area (Å²) in [6.45, 7) is 3.54. The fraction of sp³-hybridized carbons (Fsp3) is 0.333. The Morgan fingerprint density at radius 2 is 2.11 bits per heavy atom. The first-order valence-electron chi connectivity index (χ1n) is 5.64. The summed E-state index contributed by atoms with van der Waals surface area (Å²) in [7, 11) is 1.65. The predicted octanol–water partition coefficient (Wildman–Crippen LogP) is 1.54. The Morgan fingerprint density at radius 1 is 1.42 bits per heavy atom. The van der Waals surface area contributed by atoms with Crippen LogP contribution in [0.5, 0.6) is 5.75 Å². The minimum atomic E-state index is -0.702. The van der Waals surface area contributed by atoms with E-state index in [4.69, 9.17) is 28.6 Å². The second kappa shape index (κ2) is 7.16. The molecule has 1 aromatic carbocycles. The number of hydrazine groups is 1. The van der Waals surface area contributed by atoms with Crippen molar-refractivity contribution < 1.29 is 9.53 Å². The minimum absolute atomic E-state index is 0.314. The van der Waals surface area contributed by atoms with Crippen molar-refractivity contribution in [2.75, 3.05) is 7.05 Å². The zero-order chi connectivity index (χ0) is 14.4. The van der Waals surface area contributed by atoms with E-state index in [2.05, 4.69) is 16.2 Å². The number of nitrogens with one attached hydrogen (secondary N) is 3. The molecule has 1 amide bonds. The molecule has 1 atom stereocenters. The first kappa shape index (κ1) is 15.5. The summed E-state index contributed by atoms with van der Waals surface area (Å²) in [6.07, 6.45) is -0.702. The van der Waals surface area contributed by atoms with Gasteiger partial charge in [-0.3, -0.25) is 15.6 Å². The number of hydrogen-bond acceptors (Lipinski definition) is 3. The zero-order valence-corrected chi connectivity index (χ0v) is 12.5. The Hall–Kier alpha value is -1.53. The van der Waals surface area contributed by atoms with E-state index in [0.717, 1.165) is 5.56 Å². The largest absolute Gasteiger partial charge is 0.479 e. The van der Waals surface area contributed by atoms with E-state index < -0.39 is 6.10 Å². The quantitative estimate of drug-likeness (QED) is 0.584. The van der Waals surface area contributed by atoms with Gasteiger partial charge >= 0.3 is 0 Å². The standard InChI is InChI=1S/C12H16ClN3O2S/c1-7-4-5-9(13)10(6-7)18-8(2)11(17)15-16-12(19)14-3/h4-6,8H,1-3H3,(H,15,17)(H2,14,16,19)/t8-/m0/s1. The Labute approximate surface area is 122 Å². The Kier molecular flexibility index (Phi) is 5.85. The highest BCUT2D eigenvalue weighted by Crippen LogP contribution is 2.26. The van der Waals surface area contributed by atoms with Gasteiger partial charge in [-0.1, -0.05) is 17.7 Å². The highest BCUT2D eigenvalue weighted by Gasteiger charge is 2.16. The molecule has 0 heterocycles. The number of amides is 1. The first-order valence-corrected chi connectivity index (χ1v) is 6.43. The fourth-order valence-electron chi connectivity index (χ4n) is 1.23. The van der Waals surface area contributed by atoms with E-state index in [1.807, 2.05) is 13.0 Å². The van der Waals surface area contributed by atoms with E-state index >= 15 is 0 Å². The van der Waals surface area contributed by atoms with Crippen LogP contribution in [0.3, 0.4) is 0 Å². The number of carbonyl (C=O) groups is 1. The van der Waals surface area contributed by atoms with Gasteiger partial charge in [0, 0.05) is 7.05 Å². The number of aryl methyl sites for hydroxylation is 1. The molecule has 0 radical (unpaired) electrons. The molecule has 0 aliphatic rings. The molecule has 104 valence electrons. The second-order valence-corrected chi connectivity index (χ2v) is 4.70. The minimum Gasteiger partial charge on any atom is -0.479 e. The molecule has 3 N–H and O–H groups in total. The second-order valence-electron chi connectivity index (χ2n) is 3.89. The number of thiocarbonyl (C=S) groups is 1. The summed E-state index contributed by atoms with van der Waals surface area (Å²) in [5, 5.41) is 3.45. The lowest BCUT2D eigenvalue weighted by Crippen LogP contribution is -2.49. The van der Waals surface area contributed by atoms with Crippen molar-refractivity contribution in [3.05, 3.63) is 28.8 Å². The smallest absolute Gasteiger partial charge is 0.279 e. The van der Waals surface area contributed by atoms with Gasteiger partial charge in [-0.25, -0.2) is 0 Å². The maximum absolute atomic E-state index is 11.7. The van der Waals surface area contributed by atoms with Gasteiger partial charge in [0.15, 0.2) is 11.2 Å². The third-order valence-corrected chi connectivity index (χ3v) is 2.90. The highest BCUT2D eigenvalue weighted by molar-refractivity contribution is 7.80. The summed E-state index contributed by atoms with van der Waals surface area (Å²) < 4.78 is 5.51. The van der Waals surface area contributed by atoms with Crippen molar-refractivity contribution in [2.45, 2.75) is 20.0 Å². The molecule has 0 aliphatic heterocycles. The lowest BCUT2D eigenvalue weighted by molar-refractivity contribution is -0.127. The summed E-state index contributed by atoms with van der Waals surface area (Å²) >= 11 is 10.8. The van der Waals surface area contributed by atoms with Crippen molar-refractivity contribution in [1.82, 2.24) is 16.2 Å². The van der Waals surface area contributed by atoms with Gasteiger partial charge in [0.25, 0.3) is 5.91 Å². The average molecular weight is 302 g/mol. The lowest BCUT2D eigenvalue weighted by Gasteiger charge is -2.16. The summed E-state index contributed by atoms with van der Waals surface area (Å²) in [5.41, 5.74) is 5.96. The lowest BCUT2D eigenvalue weighted by atomic mass is 10.2. The SMILES string of the molecule is CNC(=S)NNC(=O)[C@H](C)Oc1cc(C)ccc1Cl. The predicted molar refractivity (Wildman–Crippen MR) is 79.2 cm³/mol. The van der Waals surface area contributed by atoms with Gasteiger partial charge < -0.3 is 10.1 Å². The van der Waals surface area contributed by atoms with Crippen molar-refractivity contribution in [1.29, 1.82) is 0 Å². The van der Waals surface area contributed by atoms with Gasteiger partial charge in [0.05, 0.1) is 5.02 Å². The molecule has 0 aromatic heterocycles. The summed E-state index contributed by atoms with van der Waals surface area (Å²) in [4.78, 5) is 11.7. The van der Waals surface area contributed by atoms with E-state index in [-0.39, 0.29) is 5.91 Å². The van der Waals surface area contributed by atoms with Crippen molar-refractivity contribution in [2.24, 2.45) is 0 Å². The highest BCUT2D eigenvalue weighted by atomic mass is 35.5. The third kappa shape index (κ3) is 4.92. The molecule has 7 heteroatoms. The van der Waals surface area contributed by atoms with Gasteiger partial charge in [-0.2, -0.15) is 0 Å². The van der Waals surface area contributed by atoms with Crippen LogP contribution in [0, 0.1) is 6.92 Å². The van der Waals surface area contributed by atoms with Crippen LogP contribution in [-0.4, -0.2) is 24.2 Å². The summed E-state index contributed by atoms with van der Waals surface area (Å²) in [6, 6.07) is 5.37. The van der Waals surface area contributed by atoms with Crippen LogP contribution in [0.15, 0.2) is 18.2 Å². The molecule has 0 unspecified atom stereocenters. The van der Waals surface area contributed by atoms with Crippen LogP contribution in [0.2, 0.25) is 5.02 Å². The van der Waals surface area contributed by atoms with Crippen LogP contribution in [0.25, 0.3) is 0 Å². The molecule has 0 spiro atoms. The number of hydrogen-bond donors (Lipinski definition) is 3. The monoisotopic (exact) mass is 301 g/mol. The molecule has 0 saturated carbocycles. The van der Waals surface area contributed by atoms with Crippen molar-refractivity contribution in [3.8, 4) is 5.75 Å². The van der Waals surface area contributed by atoms with E-state index in [9.17, 15) is 4.79 Å². The number of rotatable bonds is 3. The maximum atomic E-state index is 11.7. The van der Waals surface area contributed by atoms with Crippen LogP contribution >= 0.6 is 23.8 Å². The number of halogens is 1. The molecule has 19 heavy (non-hydrogen) atoms. The fourth-order valence-corrected chi connectivity index (χ4v) is 1.44. The van der Waals surface area contributed by atoms with E-state index in [1.54, 1.807) is 26.1 Å². The maximum Gasteiger partial charge on any atom is 0.279 e. The molecular weight excluding hydrogens is 286 g/mol. The molecule has 0 saturated heterocycles. The Bertz CT molecular complexity index is 482. The van der Waals surface area contributed by atoms with Crippen molar-refractivity contribution >= 4 is 34.8 Å². The Morgan fingerprint density at radius 3 is 2.74 bits per heavy atom. The number of benzene rings is 1. The van der Waals surface area contributed by atoms with Gasteiger partial charge in [-0.15, -0.1) is 0 Å². The van der Waals surface area contributed by atoms with Gasteiger partial charge in [-0.05, 0) is 43.8 Å². The summed E-state index contributed by atoms with van der Waals surface area (Å²) in [5.74, 6) is 0.121. The van der Waals surface area contributed by atoms with Crippen LogP contribution in [0.4, 0.5) is 0 Å². The van der Waals surface area contributed by atoms with Crippen LogP contribution < -0.4 is 20.9 Å². The average Bonchev–Trinajstić information content (AvgIpc) is 2.39. The normalized spacial score (nSPS) is 11.4. The van der Waals surface area contributed by atoms with Crippen LogP contribution in [0.1, 0.15) is 12.5 Å². The van der Waals surface area contributed by atoms with E-state index in [0.29, 0.717) is 15.9 Å². The van der Waals surface area contributed by atoms with Crippen LogP contribution in [-0.2, 0) is 4.79 Å². The topological polar surface area (TPSA) is 62.4 Å².